The molecule has 0 aliphatic carbocycles. The second-order valence-electron chi connectivity index (χ2n) is 5.36. The van der Waals surface area contributed by atoms with Gasteiger partial charge in [0.1, 0.15) is 5.82 Å². The smallest absolute Gasteiger partial charge is 0.123 e. The Labute approximate surface area is 124 Å². The molecule has 2 aromatic carbocycles. The van der Waals surface area contributed by atoms with Gasteiger partial charge in [-0.15, -0.1) is 0 Å². The Morgan fingerprint density at radius 3 is 2.24 bits per heavy atom. The summed E-state index contributed by atoms with van der Waals surface area (Å²) in [7, 11) is 0. The largest absolute Gasteiger partial charge is 0.344 e. The highest BCUT2D eigenvalue weighted by Gasteiger charge is 2.11. The van der Waals surface area contributed by atoms with E-state index in [1.165, 1.54) is 34.6 Å². The first-order valence-corrected chi connectivity index (χ1v) is 7.12. The summed E-state index contributed by atoms with van der Waals surface area (Å²) < 4.78 is 15.4. The maximum atomic E-state index is 13.1. The predicted octanol–water partition coefficient (Wildman–Crippen LogP) is 4.96. The fraction of sp³-hybridized carbons (Fsp3) is 0.158. The third-order valence-electron chi connectivity index (χ3n) is 3.91. The van der Waals surface area contributed by atoms with Crippen molar-refractivity contribution in [1.29, 1.82) is 0 Å². The summed E-state index contributed by atoms with van der Waals surface area (Å²) in [6.45, 7) is 5.09. The van der Waals surface area contributed by atoms with Crippen LogP contribution in [0.2, 0.25) is 0 Å². The first-order valence-electron chi connectivity index (χ1n) is 7.12. The molecule has 0 atom stereocenters. The lowest BCUT2D eigenvalue weighted by Crippen LogP contribution is -2.03. The Hall–Kier alpha value is -2.35. The van der Waals surface area contributed by atoms with Crippen molar-refractivity contribution in [3.05, 3.63) is 83.4 Å². The highest BCUT2D eigenvalue weighted by Crippen LogP contribution is 2.27. The third-order valence-corrected chi connectivity index (χ3v) is 3.91. The summed E-state index contributed by atoms with van der Waals surface area (Å²) in [6, 6.07) is 19.3. The molecule has 106 valence electrons. The van der Waals surface area contributed by atoms with E-state index in [0.717, 1.165) is 12.1 Å². The average molecular weight is 279 g/mol. The zero-order valence-corrected chi connectivity index (χ0v) is 12.3. The van der Waals surface area contributed by atoms with Gasteiger partial charge in [0.15, 0.2) is 0 Å². The molecule has 0 spiro atoms. The second-order valence-corrected chi connectivity index (χ2v) is 5.36. The van der Waals surface area contributed by atoms with Gasteiger partial charge in [-0.25, -0.2) is 4.39 Å². The number of hydrogen-bond acceptors (Lipinski definition) is 0. The Morgan fingerprint density at radius 1 is 0.905 bits per heavy atom. The fourth-order valence-electron chi connectivity index (χ4n) is 2.73. The zero-order chi connectivity index (χ0) is 14.8. The first kappa shape index (κ1) is 13.6. The van der Waals surface area contributed by atoms with Gasteiger partial charge < -0.3 is 4.57 Å². The minimum atomic E-state index is -0.197. The summed E-state index contributed by atoms with van der Waals surface area (Å²) in [5.74, 6) is -0.197. The number of hydrogen-bond donors (Lipinski definition) is 0. The Morgan fingerprint density at radius 2 is 1.57 bits per heavy atom. The maximum absolute atomic E-state index is 13.1. The van der Waals surface area contributed by atoms with Gasteiger partial charge in [0.2, 0.25) is 0 Å². The molecule has 0 aliphatic rings. The van der Waals surface area contributed by atoms with Crippen LogP contribution in [0.4, 0.5) is 4.39 Å². The van der Waals surface area contributed by atoms with E-state index in [4.69, 9.17) is 0 Å². The van der Waals surface area contributed by atoms with Gasteiger partial charge >= 0.3 is 0 Å². The van der Waals surface area contributed by atoms with Crippen LogP contribution in [0.1, 0.15) is 17.0 Å². The van der Waals surface area contributed by atoms with Crippen molar-refractivity contribution < 1.29 is 4.39 Å². The lowest BCUT2D eigenvalue weighted by molar-refractivity contribution is 0.628. The van der Waals surface area contributed by atoms with Gasteiger partial charge in [0, 0.05) is 23.5 Å². The van der Waals surface area contributed by atoms with Crippen LogP contribution in [0.5, 0.6) is 0 Å². The quantitative estimate of drug-likeness (QED) is 0.638. The topological polar surface area (TPSA) is 4.93 Å². The van der Waals surface area contributed by atoms with E-state index in [2.05, 4.69) is 48.7 Å². The molecule has 0 saturated heterocycles. The number of benzene rings is 2. The Kier molecular flexibility index (Phi) is 3.61. The number of aromatic nitrogens is 1. The summed E-state index contributed by atoms with van der Waals surface area (Å²) >= 11 is 0. The van der Waals surface area contributed by atoms with Gasteiger partial charge in [-0.2, -0.15) is 0 Å². The molecule has 1 nitrogen and oxygen atoms in total. The van der Waals surface area contributed by atoms with Crippen molar-refractivity contribution in [2.75, 3.05) is 0 Å². The second kappa shape index (κ2) is 5.57. The van der Waals surface area contributed by atoms with E-state index < -0.39 is 0 Å². The minimum Gasteiger partial charge on any atom is -0.344 e. The molecule has 0 fully saturated rings. The summed E-state index contributed by atoms with van der Waals surface area (Å²) in [4.78, 5) is 0. The van der Waals surface area contributed by atoms with E-state index in [-0.39, 0.29) is 5.82 Å². The number of halogens is 1. The van der Waals surface area contributed by atoms with E-state index in [0.29, 0.717) is 0 Å². The van der Waals surface area contributed by atoms with Gasteiger partial charge in [0.05, 0.1) is 0 Å². The van der Waals surface area contributed by atoms with Crippen molar-refractivity contribution >= 4 is 0 Å². The van der Waals surface area contributed by atoms with Crippen LogP contribution >= 0.6 is 0 Å². The number of nitrogens with zero attached hydrogens (tertiary/aromatic N) is 1. The average Bonchev–Trinajstić information content (AvgIpc) is 2.77. The van der Waals surface area contributed by atoms with Crippen molar-refractivity contribution in [3.63, 3.8) is 0 Å². The molecule has 3 aromatic rings. The molecule has 0 unspecified atom stereocenters. The molecule has 0 amide bonds. The molecule has 0 aliphatic heterocycles. The van der Waals surface area contributed by atoms with E-state index in [9.17, 15) is 4.39 Å². The van der Waals surface area contributed by atoms with Crippen LogP contribution in [0, 0.1) is 19.7 Å². The summed E-state index contributed by atoms with van der Waals surface area (Å²) in [5, 5.41) is 0. The van der Waals surface area contributed by atoms with E-state index in [1.807, 2.05) is 18.2 Å². The molecule has 0 bridgehead atoms. The molecule has 1 heterocycles. The first-order chi connectivity index (χ1) is 10.1. The fourth-order valence-corrected chi connectivity index (χ4v) is 2.73. The Balaban J connectivity index is 1.98. The number of rotatable bonds is 3. The summed E-state index contributed by atoms with van der Waals surface area (Å²) in [5.41, 5.74) is 5.94. The van der Waals surface area contributed by atoms with Crippen LogP contribution in [0.15, 0.2) is 60.7 Å². The van der Waals surface area contributed by atoms with Crippen LogP contribution in [-0.4, -0.2) is 4.57 Å². The Bertz CT molecular complexity index is 739. The molecular weight excluding hydrogens is 261 g/mol. The van der Waals surface area contributed by atoms with E-state index >= 15 is 0 Å². The SMILES string of the molecule is Cc1cc(-c2ccc(F)cc2)c(C)n1Cc1ccccc1. The van der Waals surface area contributed by atoms with Crippen molar-refractivity contribution in [1.82, 2.24) is 4.57 Å². The predicted molar refractivity (Wildman–Crippen MR) is 84.8 cm³/mol. The van der Waals surface area contributed by atoms with Crippen molar-refractivity contribution in [2.45, 2.75) is 20.4 Å². The molecule has 1 aromatic heterocycles. The lowest BCUT2D eigenvalue weighted by atomic mass is 10.1. The van der Waals surface area contributed by atoms with E-state index in [1.54, 1.807) is 0 Å². The number of aryl methyl sites for hydroxylation is 1. The lowest BCUT2D eigenvalue weighted by Gasteiger charge is -2.10. The van der Waals surface area contributed by atoms with Gasteiger partial charge in [0.25, 0.3) is 0 Å². The molecule has 2 heteroatoms. The van der Waals surface area contributed by atoms with Crippen LogP contribution in [-0.2, 0) is 6.54 Å². The van der Waals surface area contributed by atoms with Gasteiger partial charge in [-0.3, -0.25) is 0 Å². The minimum absolute atomic E-state index is 0.197. The zero-order valence-electron chi connectivity index (χ0n) is 12.3. The third kappa shape index (κ3) is 2.75. The van der Waals surface area contributed by atoms with Crippen LogP contribution in [0.3, 0.4) is 0 Å². The molecule has 0 N–H and O–H groups in total. The normalized spacial score (nSPS) is 10.8. The monoisotopic (exact) mass is 279 g/mol. The molecule has 0 saturated carbocycles. The summed E-state index contributed by atoms with van der Waals surface area (Å²) in [6.07, 6.45) is 0. The van der Waals surface area contributed by atoms with Crippen molar-refractivity contribution in [3.8, 4) is 11.1 Å². The van der Waals surface area contributed by atoms with Crippen LogP contribution < -0.4 is 0 Å². The molecule has 3 rings (SSSR count). The highest BCUT2D eigenvalue weighted by atomic mass is 19.1. The molecular formula is C19H18FN. The molecule has 0 radical (unpaired) electrons. The van der Waals surface area contributed by atoms with Crippen molar-refractivity contribution in [2.24, 2.45) is 0 Å². The van der Waals surface area contributed by atoms with Crippen LogP contribution in [0.25, 0.3) is 11.1 Å². The maximum Gasteiger partial charge on any atom is 0.123 e. The highest BCUT2D eigenvalue weighted by molar-refractivity contribution is 5.67. The van der Waals surface area contributed by atoms with Gasteiger partial charge in [-0.1, -0.05) is 42.5 Å². The standard InChI is InChI=1S/C19H18FN/c1-14-12-19(17-8-10-18(20)11-9-17)15(2)21(14)13-16-6-4-3-5-7-16/h3-12H,13H2,1-2H3. The molecule has 21 heavy (non-hydrogen) atoms. The van der Waals surface area contributed by atoms with Gasteiger partial charge in [-0.05, 0) is 43.2 Å².